The van der Waals surface area contributed by atoms with E-state index in [1.54, 1.807) is 24.1 Å². The fraction of sp³-hybridized carbons (Fsp3) is 0.429. The summed E-state index contributed by atoms with van der Waals surface area (Å²) in [5.41, 5.74) is 0.532. The highest BCUT2D eigenvalue weighted by Gasteiger charge is 2.21. The molecule has 1 aliphatic rings. The molecule has 1 N–H and O–H groups in total. The molecule has 1 saturated heterocycles. The highest BCUT2D eigenvalue weighted by atomic mass is 16.5. The number of carboxylic acids is 1. The summed E-state index contributed by atoms with van der Waals surface area (Å²) in [6.07, 6.45) is 0.965. The van der Waals surface area contributed by atoms with E-state index in [-0.39, 0.29) is 11.5 Å². The van der Waals surface area contributed by atoms with Crippen LogP contribution < -0.4 is 0 Å². The first kappa shape index (κ1) is 13.5. The van der Waals surface area contributed by atoms with E-state index < -0.39 is 5.97 Å². The molecular formula is C14H17NO4. The third-order valence-electron chi connectivity index (χ3n) is 3.26. The molecule has 1 fully saturated rings. The zero-order valence-electron chi connectivity index (χ0n) is 10.8. The van der Waals surface area contributed by atoms with E-state index >= 15 is 0 Å². The van der Waals surface area contributed by atoms with Crippen molar-refractivity contribution < 1.29 is 19.4 Å². The Labute approximate surface area is 111 Å². The van der Waals surface area contributed by atoms with Crippen molar-refractivity contribution in [2.45, 2.75) is 6.42 Å². The largest absolute Gasteiger partial charge is 0.478 e. The molecule has 19 heavy (non-hydrogen) atoms. The van der Waals surface area contributed by atoms with Gasteiger partial charge in [0.2, 0.25) is 0 Å². The molecule has 5 nitrogen and oxygen atoms in total. The summed E-state index contributed by atoms with van der Waals surface area (Å²) in [6, 6.07) is 6.11. The monoisotopic (exact) mass is 263 g/mol. The predicted molar refractivity (Wildman–Crippen MR) is 69.3 cm³/mol. The number of carbonyl (C=O) groups is 2. The standard InChI is InChI=1S/C14H17NO4/c1-15(8-10-5-6-19-9-10)13(16)11-3-2-4-12(7-11)14(17)18/h2-4,7,10H,5-6,8-9H2,1H3,(H,17,18). The lowest BCUT2D eigenvalue weighted by Crippen LogP contribution is -2.32. The SMILES string of the molecule is CN(CC1CCOC1)C(=O)c1cccc(C(=O)O)c1. The van der Waals surface area contributed by atoms with Crippen molar-refractivity contribution in [2.24, 2.45) is 5.92 Å². The number of amides is 1. The average molecular weight is 263 g/mol. The van der Waals surface area contributed by atoms with Gasteiger partial charge in [-0.15, -0.1) is 0 Å². The fourth-order valence-electron chi connectivity index (χ4n) is 2.20. The van der Waals surface area contributed by atoms with Crippen LogP contribution in [0.15, 0.2) is 24.3 Å². The summed E-state index contributed by atoms with van der Waals surface area (Å²) in [6.45, 7) is 2.07. The first-order valence-electron chi connectivity index (χ1n) is 6.24. The Morgan fingerprint density at radius 1 is 1.42 bits per heavy atom. The number of hydrogen-bond donors (Lipinski definition) is 1. The molecule has 1 amide bonds. The number of carboxylic acid groups (broad SMARTS) is 1. The van der Waals surface area contributed by atoms with Crippen molar-refractivity contribution in [3.05, 3.63) is 35.4 Å². The normalized spacial score (nSPS) is 18.3. The number of aromatic carboxylic acids is 1. The number of benzene rings is 1. The minimum absolute atomic E-state index is 0.128. The van der Waals surface area contributed by atoms with E-state index in [0.29, 0.717) is 24.6 Å². The molecule has 0 radical (unpaired) electrons. The van der Waals surface area contributed by atoms with Crippen molar-refractivity contribution in [2.75, 3.05) is 26.8 Å². The van der Waals surface area contributed by atoms with Crippen LogP contribution in [0.2, 0.25) is 0 Å². The van der Waals surface area contributed by atoms with Crippen LogP contribution in [0.3, 0.4) is 0 Å². The van der Waals surface area contributed by atoms with Crippen molar-refractivity contribution >= 4 is 11.9 Å². The van der Waals surface area contributed by atoms with Gasteiger partial charge in [0.25, 0.3) is 5.91 Å². The summed E-state index contributed by atoms with van der Waals surface area (Å²) in [4.78, 5) is 24.7. The van der Waals surface area contributed by atoms with E-state index in [2.05, 4.69) is 0 Å². The van der Waals surface area contributed by atoms with Crippen molar-refractivity contribution in [3.63, 3.8) is 0 Å². The molecule has 0 aromatic heterocycles. The molecule has 1 aromatic rings. The number of carbonyl (C=O) groups excluding carboxylic acids is 1. The summed E-state index contributed by atoms with van der Waals surface area (Å²) < 4.78 is 5.28. The zero-order chi connectivity index (χ0) is 13.8. The maximum atomic E-state index is 12.2. The summed E-state index contributed by atoms with van der Waals surface area (Å²) in [5.74, 6) is -0.812. The van der Waals surface area contributed by atoms with Crippen LogP contribution in [0.4, 0.5) is 0 Å². The van der Waals surface area contributed by atoms with Gasteiger partial charge in [0.15, 0.2) is 0 Å². The van der Waals surface area contributed by atoms with Gasteiger partial charge in [-0.3, -0.25) is 4.79 Å². The molecule has 2 rings (SSSR count). The van der Waals surface area contributed by atoms with Gasteiger partial charge in [0.05, 0.1) is 12.2 Å². The molecule has 5 heteroatoms. The molecule has 1 heterocycles. The minimum Gasteiger partial charge on any atom is -0.478 e. The van der Waals surface area contributed by atoms with Crippen LogP contribution in [0.25, 0.3) is 0 Å². The van der Waals surface area contributed by atoms with Gasteiger partial charge >= 0.3 is 5.97 Å². The predicted octanol–water partition coefficient (Wildman–Crippen LogP) is 1.49. The maximum absolute atomic E-state index is 12.2. The van der Waals surface area contributed by atoms with Gasteiger partial charge < -0.3 is 14.7 Å². The lowest BCUT2D eigenvalue weighted by molar-refractivity contribution is 0.0697. The Morgan fingerprint density at radius 3 is 2.79 bits per heavy atom. The Kier molecular flexibility index (Phi) is 4.16. The summed E-state index contributed by atoms with van der Waals surface area (Å²) in [7, 11) is 1.73. The second kappa shape index (κ2) is 5.84. The topological polar surface area (TPSA) is 66.8 Å². The number of rotatable bonds is 4. The molecule has 1 aliphatic heterocycles. The Bertz CT molecular complexity index is 480. The molecule has 0 bridgehead atoms. The van der Waals surface area contributed by atoms with Crippen molar-refractivity contribution in [3.8, 4) is 0 Å². The van der Waals surface area contributed by atoms with Gasteiger partial charge in [-0.1, -0.05) is 6.07 Å². The highest BCUT2D eigenvalue weighted by Crippen LogP contribution is 2.15. The van der Waals surface area contributed by atoms with Gasteiger partial charge in [0.1, 0.15) is 0 Å². The number of nitrogens with zero attached hydrogens (tertiary/aromatic N) is 1. The smallest absolute Gasteiger partial charge is 0.335 e. The van der Waals surface area contributed by atoms with Crippen LogP contribution in [0.1, 0.15) is 27.1 Å². The number of ether oxygens (including phenoxy) is 1. The van der Waals surface area contributed by atoms with E-state index in [0.717, 1.165) is 13.0 Å². The van der Waals surface area contributed by atoms with Crippen LogP contribution in [-0.2, 0) is 4.74 Å². The van der Waals surface area contributed by atoms with E-state index in [9.17, 15) is 9.59 Å². The fourth-order valence-corrected chi connectivity index (χ4v) is 2.20. The Hall–Kier alpha value is -1.88. The van der Waals surface area contributed by atoms with Crippen molar-refractivity contribution in [1.82, 2.24) is 4.90 Å². The molecule has 102 valence electrons. The van der Waals surface area contributed by atoms with Crippen LogP contribution in [-0.4, -0.2) is 48.7 Å². The Morgan fingerprint density at radius 2 is 2.16 bits per heavy atom. The molecule has 1 aromatic carbocycles. The third-order valence-corrected chi connectivity index (χ3v) is 3.26. The lowest BCUT2D eigenvalue weighted by atomic mass is 10.1. The van der Waals surface area contributed by atoms with Crippen LogP contribution in [0, 0.1) is 5.92 Å². The van der Waals surface area contributed by atoms with Crippen LogP contribution in [0.5, 0.6) is 0 Å². The van der Waals surface area contributed by atoms with E-state index in [1.807, 2.05) is 0 Å². The van der Waals surface area contributed by atoms with Crippen LogP contribution >= 0.6 is 0 Å². The summed E-state index contributed by atoms with van der Waals surface area (Å²) in [5, 5.41) is 8.92. The average Bonchev–Trinajstić information content (AvgIpc) is 2.90. The van der Waals surface area contributed by atoms with Gasteiger partial charge in [-0.25, -0.2) is 4.79 Å². The molecule has 0 spiro atoms. The first-order chi connectivity index (χ1) is 9.08. The Balaban J connectivity index is 2.05. The molecule has 0 aliphatic carbocycles. The van der Waals surface area contributed by atoms with Crippen molar-refractivity contribution in [1.29, 1.82) is 0 Å². The first-order valence-corrected chi connectivity index (χ1v) is 6.24. The summed E-state index contributed by atoms with van der Waals surface area (Å²) >= 11 is 0. The highest BCUT2D eigenvalue weighted by molar-refractivity contribution is 5.97. The second-order valence-corrected chi connectivity index (χ2v) is 4.80. The maximum Gasteiger partial charge on any atom is 0.335 e. The molecule has 1 atom stereocenters. The van der Waals surface area contributed by atoms with Gasteiger partial charge in [0, 0.05) is 31.7 Å². The molecular weight excluding hydrogens is 246 g/mol. The van der Waals surface area contributed by atoms with E-state index in [4.69, 9.17) is 9.84 Å². The quantitative estimate of drug-likeness (QED) is 0.893. The van der Waals surface area contributed by atoms with Gasteiger partial charge in [-0.2, -0.15) is 0 Å². The minimum atomic E-state index is -1.03. The lowest BCUT2D eigenvalue weighted by Gasteiger charge is -2.20. The van der Waals surface area contributed by atoms with Gasteiger partial charge in [-0.05, 0) is 24.6 Å². The van der Waals surface area contributed by atoms with E-state index in [1.165, 1.54) is 12.1 Å². The second-order valence-electron chi connectivity index (χ2n) is 4.80. The number of hydrogen-bond acceptors (Lipinski definition) is 3. The zero-order valence-corrected chi connectivity index (χ0v) is 10.8. The molecule has 0 saturated carbocycles. The molecule has 1 unspecified atom stereocenters. The third kappa shape index (κ3) is 3.32.